The summed E-state index contributed by atoms with van der Waals surface area (Å²) >= 11 is 0. The summed E-state index contributed by atoms with van der Waals surface area (Å²) in [5.41, 5.74) is 2.49. The Morgan fingerprint density at radius 3 is 2.21 bits per heavy atom. The second-order valence-corrected chi connectivity index (χ2v) is 7.62. The van der Waals surface area contributed by atoms with Crippen LogP contribution in [0.1, 0.15) is 48.3 Å². The first-order chi connectivity index (χ1) is 13.9. The van der Waals surface area contributed by atoms with E-state index in [1.54, 1.807) is 21.9 Å². The Labute approximate surface area is 171 Å². The second kappa shape index (κ2) is 8.90. The van der Waals surface area contributed by atoms with Crippen LogP contribution >= 0.6 is 0 Å². The molecule has 0 unspecified atom stereocenters. The van der Waals surface area contributed by atoms with E-state index >= 15 is 0 Å². The highest BCUT2D eigenvalue weighted by Crippen LogP contribution is 2.15. The first-order valence-corrected chi connectivity index (χ1v) is 9.91. The van der Waals surface area contributed by atoms with E-state index in [-0.39, 0.29) is 18.0 Å². The summed E-state index contributed by atoms with van der Waals surface area (Å²) in [7, 11) is 0. The van der Waals surface area contributed by atoms with Crippen molar-refractivity contribution >= 4 is 17.7 Å². The Kier molecular flexibility index (Phi) is 6.32. The van der Waals surface area contributed by atoms with Crippen molar-refractivity contribution in [1.29, 1.82) is 0 Å². The lowest BCUT2D eigenvalue weighted by Gasteiger charge is -2.36. The summed E-state index contributed by atoms with van der Waals surface area (Å²) in [4.78, 5) is 40.2. The topological polar surface area (TPSA) is 69.7 Å². The molecule has 1 fully saturated rings. The number of hydrogen-bond acceptors (Lipinski definition) is 3. The number of rotatable bonds is 6. The number of amides is 3. The minimum absolute atomic E-state index is 0.0182. The van der Waals surface area contributed by atoms with Crippen LogP contribution < -0.4 is 5.32 Å². The van der Waals surface area contributed by atoms with Crippen molar-refractivity contribution in [3.05, 3.63) is 71.3 Å². The maximum Gasteiger partial charge on any atom is 0.312 e. The highest BCUT2D eigenvalue weighted by atomic mass is 16.2. The zero-order valence-electron chi connectivity index (χ0n) is 17.1. The Hall–Kier alpha value is -3.15. The standard InChI is InChI=1S/C23H27N3O3/c1-16(2)26-14-13-25(22(28)23(26)29)15-18-9-11-20(12-10-18)21(27)24-17(3)19-7-5-4-6-8-19/h4-12,16-17H,13-15H2,1-3H3,(H,24,27)/t17-/m1/s1. The molecule has 6 heteroatoms. The molecule has 3 amide bonds. The Bertz CT molecular complexity index is 878. The molecule has 1 N–H and O–H groups in total. The van der Waals surface area contributed by atoms with Crippen molar-refractivity contribution in [3.63, 3.8) is 0 Å². The fraction of sp³-hybridized carbons (Fsp3) is 0.348. The first kappa shape index (κ1) is 20.6. The third-order valence-electron chi connectivity index (χ3n) is 5.20. The lowest BCUT2D eigenvalue weighted by atomic mass is 10.1. The van der Waals surface area contributed by atoms with Gasteiger partial charge in [-0.15, -0.1) is 0 Å². The lowest BCUT2D eigenvalue weighted by Crippen LogP contribution is -2.55. The largest absolute Gasteiger partial charge is 0.346 e. The Balaban J connectivity index is 1.59. The van der Waals surface area contributed by atoms with Crippen LogP contribution in [0, 0.1) is 0 Å². The predicted molar refractivity (Wildman–Crippen MR) is 111 cm³/mol. The van der Waals surface area contributed by atoms with Crippen LogP contribution in [0.15, 0.2) is 54.6 Å². The molecule has 0 saturated carbocycles. The van der Waals surface area contributed by atoms with Gasteiger partial charge in [0.2, 0.25) is 0 Å². The molecule has 2 aromatic rings. The van der Waals surface area contributed by atoms with Crippen LogP contribution in [0.5, 0.6) is 0 Å². The number of carbonyl (C=O) groups is 3. The van der Waals surface area contributed by atoms with Gasteiger partial charge in [-0.1, -0.05) is 42.5 Å². The van der Waals surface area contributed by atoms with Crippen molar-refractivity contribution in [3.8, 4) is 0 Å². The molecule has 1 heterocycles. The van der Waals surface area contributed by atoms with Crippen molar-refractivity contribution in [2.75, 3.05) is 13.1 Å². The van der Waals surface area contributed by atoms with Crippen LogP contribution in [0.25, 0.3) is 0 Å². The van der Waals surface area contributed by atoms with E-state index in [0.29, 0.717) is 25.2 Å². The van der Waals surface area contributed by atoms with Crippen LogP contribution in [0.2, 0.25) is 0 Å². The van der Waals surface area contributed by atoms with Crippen LogP contribution in [0.4, 0.5) is 0 Å². The molecule has 1 aliphatic heterocycles. The van der Waals surface area contributed by atoms with Crippen molar-refractivity contribution < 1.29 is 14.4 Å². The molecular formula is C23H27N3O3. The Morgan fingerprint density at radius 2 is 1.59 bits per heavy atom. The fourth-order valence-corrected chi connectivity index (χ4v) is 3.42. The summed E-state index contributed by atoms with van der Waals surface area (Å²) in [6, 6.07) is 16.9. The van der Waals surface area contributed by atoms with Gasteiger partial charge in [0.05, 0.1) is 6.04 Å². The van der Waals surface area contributed by atoms with E-state index in [4.69, 9.17) is 0 Å². The molecular weight excluding hydrogens is 366 g/mol. The normalized spacial score (nSPS) is 15.6. The van der Waals surface area contributed by atoms with Crippen LogP contribution in [-0.2, 0) is 16.1 Å². The molecule has 0 radical (unpaired) electrons. The SMILES string of the molecule is CC(C)N1CCN(Cc2ccc(C(=O)N[C@H](C)c3ccccc3)cc2)C(=O)C1=O. The molecule has 152 valence electrons. The minimum Gasteiger partial charge on any atom is -0.346 e. The first-order valence-electron chi connectivity index (χ1n) is 9.91. The summed E-state index contributed by atoms with van der Waals surface area (Å²) in [5, 5.41) is 2.99. The van der Waals surface area contributed by atoms with E-state index in [9.17, 15) is 14.4 Å². The van der Waals surface area contributed by atoms with E-state index in [2.05, 4.69) is 5.32 Å². The molecule has 1 saturated heterocycles. The predicted octanol–water partition coefficient (Wildman–Crippen LogP) is 2.76. The van der Waals surface area contributed by atoms with Gasteiger partial charge in [0.25, 0.3) is 5.91 Å². The van der Waals surface area contributed by atoms with E-state index in [1.807, 2.05) is 63.2 Å². The Morgan fingerprint density at radius 1 is 0.931 bits per heavy atom. The highest BCUT2D eigenvalue weighted by molar-refractivity contribution is 6.35. The fourth-order valence-electron chi connectivity index (χ4n) is 3.42. The average molecular weight is 393 g/mol. The maximum atomic E-state index is 12.5. The van der Waals surface area contributed by atoms with E-state index in [1.165, 1.54) is 0 Å². The van der Waals surface area contributed by atoms with Crippen LogP contribution in [0.3, 0.4) is 0 Å². The summed E-state index contributed by atoms with van der Waals surface area (Å²) in [6.45, 7) is 7.17. The zero-order valence-corrected chi connectivity index (χ0v) is 17.1. The molecule has 3 rings (SSSR count). The third kappa shape index (κ3) is 4.83. The van der Waals surface area contributed by atoms with Gasteiger partial charge >= 0.3 is 11.8 Å². The second-order valence-electron chi connectivity index (χ2n) is 7.62. The number of hydrogen-bond donors (Lipinski definition) is 1. The number of nitrogens with one attached hydrogen (secondary N) is 1. The zero-order chi connectivity index (χ0) is 21.0. The summed E-state index contributed by atoms with van der Waals surface area (Å²) < 4.78 is 0. The van der Waals surface area contributed by atoms with Crippen molar-refractivity contribution in [2.45, 2.75) is 39.4 Å². The smallest absolute Gasteiger partial charge is 0.312 e. The number of benzene rings is 2. The molecule has 1 atom stereocenters. The molecule has 0 spiro atoms. The molecule has 29 heavy (non-hydrogen) atoms. The number of piperazine rings is 1. The monoisotopic (exact) mass is 393 g/mol. The van der Waals surface area contributed by atoms with Crippen LogP contribution in [-0.4, -0.2) is 46.7 Å². The maximum absolute atomic E-state index is 12.5. The van der Waals surface area contributed by atoms with Crippen molar-refractivity contribution in [1.82, 2.24) is 15.1 Å². The van der Waals surface area contributed by atoms with E-state index in [0.717, 1.165) is 11.1 Å². The molecule has 0 aromatic heterocycles. The van der Waals surface area contributed by atoms with Gasteiger partial charge in [0.15, 0.2) is 0 Å². The molecule has 6 nitrogen and oxygen atoms in total. The van der Waals surface area contributed by atoms with Gasteiger partial charge in [-0.2, -0.15) is 0 Å². The summed E-state index contributed by atoms with van der Waals surface area (Å²) in [5.74, 6) is -1.06. The molecule has 1 aliphatic rings. The summed E-state index contributed by atoms with van der Waals surface area (Å²) in [6.07, 6.45) is 0. The highest BCUT2D eigenvalue weighted by Gasteiger charge is 2.33. The molecule has 2 aromatic carbocycles. The van der Waals surface area contributed by atoms with Gasteiger partial charge in [-0.25, -0.2) is 0 Å². The van der Waals surface area contributed by atoms with Gasteiger partial charge in [0, 0.05) is 31.2 Å². The van der Waals surface area contributed by atoms with Gasteiger partial charge < -0.3 is 15.1 Å². The van der Waals surface area contributed by atoms with Gasteiger partial charge in [-0.05, 0) is 44.0 Å². The minimum atomic E-state index is -0.469. The number of carbonyl (C=O) groups excluding carboxylic acids is 3. The number of nitrogens with zero attached hydrogens (tertiary/aromatic N) is 2. The molecule has 0 bridgehead atoms. The third-order valence-corrected chi connectivity index (χ3v) is 5.20. The van der Waals surface area contributed by atoms with Gasteiger partial charge in [0.1, 0.15) is 0 Å². The quantitative estimate of drug-likeness (QED) is 0.768. The molecule has 0 aliphatic carbocycles. The average Bonchev–Trinajstić information content (AvgIpc) is 2.72. The lowest BCUT2D eigenvalue weighted by molar-refractivity contribution is -0.157. The van der Waals surface area contributed by atoms with Crippen molar-refractivity contribution in [2.24, 2.45) is 0 Å². The van der Waals surface area contributed by atoms with E-state index < -0.39 is 11.8 Å². The van der Waals surface area contributed by atoms with Gasteiger partial charge in [-0.3, -0.25) is 14.4 Å².